The molecule has 0 aromatic heterocycles. The van der Waals surface area contributed by atoms with Crippen LogP contribution in [0.25, 0.3) is 0 Å². The first-order chi connectivity index (χ1) is 7.10. The highest BCUT2D eigenvalue weighted by Gasteiger charge is 2.33. The van der Waals surface area contributed by atoms with Crippen molar-refractivity contribution >= 4 is 0 Å². The van der Waals surface area contributed by atoms with Crippen molar-refractivity contribution in [2.24, 2.45) is 0 Å². The van der Waals surface area contributed by atoms with Crippen molar-refractivity contribution in [3.63, 3.8) is 0 Å². The lowest BCUT2D eigenvalue weighted by molar-refractivity contribution is -0.0578. The molecule has 15 heavy (non-hydrogen) atoms. The van der Waals surface area contributed by atoms with E-state index in [0.717, 1.165) is 12.8 Å². The fourth-order valence-electron chi connectivity index (χ4n) is 1.83. The Morgan fingerprint density at radius 3 is 2.20 bits per heavy atom. The third-order valence-corrected chi connectivity index (χ3v) is 3.00. The molecular weight excluding hydrogens is 194 g/mol. The normalized spacial score (nSPS) is 36.1. The van der Waals surface area contributed by atoms with Gasteiger partial charge >= 0.3 is 0 Å². The number of aliphatic hydroxyl groups excluding tert-OH is 3. The molecule has 0 fully saturated rings. The topological polar surface area (TPSA) is 72.7 Å². The zero-order valence-electron chi connectivity index (χ0n) is 9.30. The van der Waals surface area contributed by atoms with E-state index in [1.165, 1.54) is 6.08 Å². The Morgan fingerprint density at radius 2 is 1.67 bits per heavy atom. The van der Waals surface area contributed by atoms with Crippen molar-refractivity contribution < 1.29 is 15.3 Å². The second-order valence-electron chi connectivity index (χ2n) is 4.06. The van der Waals surface area contributed by atoms with Gasteiger partial charge in [-0.1, -0.05) is 26.0 Å². The van der Waals surface area contributed by atoms with Crippen LogP contribution in [0.3, 0.4) is 0 Å². The van der Waals surface area contributed by atoms with Crippen molar-refractivity contribution in [2.75, 3.05) is 0 Å². The van der Waals surface area contributed by atoms with Crippen LogP contribution in [0, 0.1) is 0 Å². The average Bonchev–Trinajstić information content (AvgIpc) is 2.25. The van der Waals surface area contributed by atoms with Gasteiger partial charge in [-0.3, -0.25) is 0 Å². The molecule has 0 aromatic carbocycles. The average molecular weight is 215 g/mol. The molecule has 1 aliphatic carbocycles. The number of aliphatic hydroxyl groups is 3. The van der Waals surface area contributed by atoms with E-state index in [2.05, 4.69) is 19.2 Å². The van der Waals surface area contributed by atoms with E-state index in [1.807, 2.05) is 0 Å². The lowest BCUT2D eigenvalue weighted by Crippen LogP contribution is -2.54. The third-order valence-electron chi connectivity index (χ3n) is 3.00. The standard InChI is InChI=1S/C11H21NO3/c1-3-7(4-2)12-8-5-6-9(13)11(15)10(8)14/h5-15H,3-4H2,1-2H3/t8-,9+,10+,11+/m1/s1. The molecule has 88 valence electrons. The summed E-state index contributed by atoms with van der Waals surface area (Å²) in [5, 5.41) is 31.7. The lowest BCUT2D eigenvalue weighted by Gasteiger charge is -2.33. The van der Waals surface area contributed by atoms with Gasteiger partial charge < -0.3 is 20.6 Å². The molecule has 0 unspecified atom stereocenters. The maximum atomic E-state index is 9.72. The van der Waals surface area contributed by atoms with Crippen LogP contribution in [-0.2, 0) is 0 Å². The van der Waals surface area contributed by atoms with Gasteiger partial charge in [-0.05, 0) is 12.8 Å². The van der Waals surface area contributed by atoms with Crippen LogP contribution in [0.15, 0.2) is 12.2 Å². The fourth-order valence-corrected chi connectivity index (χ4v) is 1.83. The third kappa shape index (κ3) is 3.01. The van der Waals surface area contributed by atoms with E-state index in [4.69, 9.17) is 0 Å². The molecule has 0 amide bonds. The minimum atomic E-state index is -1.10. The Bertz CT molecular complexity index is 216. The van der Waals surface area contributed by atoms with E-state index in [9.17, 15) is 15.3 Å². The van der Waals surface area contributed by atoms with Crippen LogP contribution >= 0.6 is 0 Å². The van der Waals surface area contributed by atoms with Gasteiger partial charge in [-0.2, -0.15) is 0 Å². The fraction of sp³-hybridized carbons (Fsp3) is 0.818. The highest BCUT2D eigenvalue weighted by Crippen LogP contribution is 2.15. The van der Waals surface area contributed by atoms with Gasteiger partial charge in [0.1, 0.15) is 18.3 Å². The van der Waals surface area contributed by atoms with E-state index in [-0.39, 0.29) is 6.04 Å². The SMILES string of the molecule is CCC(CC)N[C@@H]1C=C[C@H](O)[C@H](O)[C@H]1O. The van der Waals surface area contributed by atoms with Crippen molar-refractivity contribution in [2.45, 2.75) is 57.1 Å². The summed E-state index contributed by atoms with van der Waals surface area (Å²) in [5.41, 5.74) is 0. The monoisotopic (exact) mass is 215 g/mol. The highest BCUT2D eigenvalue weighted by atomic mass is 16.4. The van der Waals surface area contributed by atoms with Crippen LogP contribution in [0.4, 0.5) is 0 Å². The van der Waals surface area contributed by atoms with Crippen molar-refractivity contribution in [1.29, 1.82) is 0 Å². The summed E-state index contributed by atoms with van der Waals surface area (Å²) in [6, 6.07) is 0.0602. The molecule has 0 saturated carbocycles. The highest BCUT2D eigenvalue weighted by molar-refractivity contribution is 5.11. The maximum Gasteiger partial charge on any atom is 0.111 e. The van der Waals surface area contributed by atoms with Gasteiger partial charge in [0, 0.05) is 6.04 Å². The zero-order chi connectivity index (χ0) is 11.4. The molecule has 0 radical (unpaired) electrons. The summed E-state index contributed by atoms with van der Waals surface area (Å²) in [4.78, 5) is 0. The second-order valence-corrected chi connectivity index (χ2v) is 4.06. The molecule has 0 aromatic rings. The zero-order valence-corrected chi connectivity index (χ0v) is 9.30. The largest absolute Gasteiger partial charge is 0.388 e. The summed E-state index contributed by atoms with van der Waals surface area (Å²) in [7, 11) is 0. The van der Waals surface area contributed by atoms with Crippen LogP contribution in [0.1, 0.15) is 26.7 Å². The molecule has 0 aliphatic heterocycles. The number of hydrogen-bond donors (Lipinski definition) is 4. The van der Waals surface area contributed by atoms with Crippen LogP contribution in [0.5, 0.6) is 0 Å². The maximum absolute atomic E-state index is 9.72. The summed E-state index contributed by atoms with van der Waals surface area (Å²) in [6.07, 6.45) is 2.21. The molecular formula is C11H21NO3. The second kappa shape index (κ2) is 5.61. The van der Waals surface area contributed by atoms with Crippen LogP contribution in [0.2, 0.25) is 0 Å². The van der Waals surface area contributed by atoms with Gasteiger partial charge in [-0.25, -0.2) is 0 Å². The molecule has 4 heteroatoms. The van der Waals surface area contributed by atoms with Crippen molar-refractivity contribution in [1.82, 2.24) is 5.32 Å². The van der Waals surface area contributed by atoms with Crippen LogP contribution < -0.4 is 5.32 Å². The Hall–Kier alpha value is -0.420. The molecule has 0 heterocycles. The first-order valence-corrected chi connectivity index (χ1v) is 5.58. The Labute approximate surface area is 90.6 Å². The van der Waals surface area contributed by atoms with Gasteiger partial charge in [0.05, 0.1) is 6.04 Å². The minimum absolute atomic E-state index is 0.270. The van der Waals surface area contributed by atoms with E-state index in [0.29, 0.717) is 6.04 Å². The molecule has 0 spiro atoms. The Morgan fingerprint density at radius 1 is 1.07 bits per heavy atom. The van der Waals surface area contributed by atoms with E-state index < -0.39 is 18.3 Å². The molecule has 4 atom stereocenters. The van der Waals surface area contributed by atoms with Gasteiger partial charge in [0.25, 0.3) is 0 Å². The predicted octanol–water partition coefficient (Wildman–Crippen LogP) is -0.214. The number of hydrogen-bond acceptors (Lipinski definition) is 4. The lowest BCUT2D eigenvalue weighted by atomic mass is 9.93. The van der Waals surface area contributed by atoms with Crippen molar-refractivity contribution in [3.05, 3.63) is 12.2 Å². The molecule has 1 aliphatic rings. The first kappa shape index (κ1) is 12.6. The smallest absolute Gasteiger partial charge is 0.111 e. The van der Waals surface area contributed by atoms with Crippen molar-refractivity contribution in [3.8, 4) is 0 Å². The summed E-state index contributed by atoms with van der Waals surface area (Å²) >= 11 is 0. The summed E-state index contributed by atoms with van der Waals surface area (Å²) in [5.74, 6) is 0. The molecule has 1 rings (SSSR count). The quantitative estimate of drug-likeness (QED) is 0.489. The predicted molar refractivity (Wildman–Crippen MR) is 58.5 cm³/mol. The summed E-state index contributed by atoms with van der Waals surface area (Å²) in [6.45, 7) is 4.15. The van der Waals surface area contributed by atoms with Gasteiger partial charge in [0.15, 0.2) is 0 Å². The van der Waals surface area contributed by atoms with Crippen LogP contribution in [-0.4, -0.2) is 45.7 Å². The van der Waals surface area contributed by atoms with E-state index in [1.54, 1.807) is 6.08 Å². The van der Waals surface area contributed by atoms with Gasteiger partial charge in [0.2, 0.25) is 0 Å². The molecule has 4 nitrogen and oxygen atoms in total. The summed E-state index contributed by atoms with van der Waals surface area (Å²) < 4.78 is 0. The van der Waals surface area contributed by atoms with Gasteiger partial charge in [-0.15, -0.1) is 0 Å². The number of rotatable bonds is 4. The Balaban J connectivity index is 2.59. The minimum Gasteiger partial charge on any atom is -0.388 e. The first-order valence-electron chi connectivity index (χ1n) is 5.58. The Kier molecular flexibility index (Phi) is 4.73. The molecule has 4 N–H and O–H groups in total. The number of nitrogens with one attached hydrogen (secondary N) is 1. The molecule has 0 saturated heterocycles. The van der Waals surface area contributed by atoms with E-state index >= 15 is 0 Å². The molecule has 0 bridgehead atoms.